The van der Waals surface area contributed by atoms with E-state index in [0.717, 1.165) is 10.0 Å². The Morgan fingerprint density at radius 2 is 2.21 bits per heavy atom. The highest BCUT2D eigenvalue weighted by Gasteiger charge is 2.14. The summed E-state index contributed by atoms with van der Waals surface area (Å²) in [6, 6.07) is 5.82. The van der Waals surface area contributed by atoms with Gasteiger partial charge >= 0.3 is 0 Å². The number of nitrogens with zero attached hydrogens (tertiary/aromatic N) is 2. The molecule has 0 amide bonds. The Morgan fingerprint density at radius 1 is 1.47 bits per heavy atom. The van der Waals surface area contributed by atoms with Crippen LogP contribution in [0.5, 0.6) is 0 Å². The van der Waals surface area contributed by atoms with Gasteiger partial charge in [-0.2, -0.15) is 4.98 Å². The summed E-state index contributed by atoms with van der Waals surface area (Å²) in [6.45, 7) is 2.06. The number of rotatable bonds is 4. The minimum absolute atomic E-state index is 0. The van der Waals surface area contributed by atoms with E-state index in [-0.39, 0.29) is 12.4 Å². The minimum atomic E-state index is 0. The van der Waals surface area contributed by atoms with Crippen molar-refractivity contribution in [3.63, 3.8) is 0 Å². The second-order valence-corrected chi connectivity index (χ2v) is 5.36. The molecule has 0 saturated heterocycles. The summed E-state index contributed by atoms with van der Waals surface area (Å²) < 4.78 is 6.16. The smallest absolute Gasteiger partial charge is 0.259 e. The van der Waals surface area contributed by atoms with E-state index in [0.29, 0.717) is 29.2 Å². The summed E-state index contributed by atoms with van der Waals surface area (Å²) >= 11 is 9.51. The van der Waals surface area contributed by atoms with Crippen LogP contribution in [0.1, 0.15) is 12.7 Å². The van der Waals surface area contributed by atoms with Crippen molar-refractivity contribution in [2.24, 2.45) is 0 Å². The topological polar surface area (TPSA) is 51.0 Å². The molecule has 0 bridgehead atoms. The highest BCUT2D eigenvalue weighted by atomic mass is 79.9. The van der Waals surface area contributed by atoms with E-state index in [4.69, 9.17) is 16.1 Å². The van der Waals surface area contributed by atoms with Crippen molar-refractivity contribution in [1.29, 1.82) is 0 Å². The molecular formula is C12H14BrCl2N3O. The maximum atomic E-state index is 6.11. The van der Waals surface area contributed by atoms with Crippen LogP contribution in [-0.2, 0) is 6.42 Å². The van der Waals surface area contributed by atoms with Gasteiger partial charge in [0.2, 0.25) is 0 Å². The van der Waals surface area contributed by atoms with Gasteiger partial charge < -0.3 is 9.84 Å². The Bertz CT molecular complexity index is 548. The SMILES string of the molecule is CNC(C)Cc1noc(-c2cc(Br)ccc2Cl)n1.Cl. The van der Waals surface area contributed by atoms with E-state index in [9.17, 15) is 0 Å². The fourth-order valence-electron chi connectivity index (χ4n) is 1.48. The fraction of sp³-hybridized carbons (Fsp3) is 0.333. The number of likely N-dealkylation sites (N-methyl/N-ethyl adjacent to an activating group) is 1. The Morgan fingerprint density at radius 3 is 2.89 bits per heavy atom. The summed E-state index contributed by atoms with van der Waals surface area (Å²) in [5.41, 5.74) is 0.738. The van der Waals surface area contributed by atoms with E-state index >= 15 is 0 Å². The van der Waals surface area contributed by atoms with Gasteiger partial charge in [-0.1, -0.05) is 32.7 Å². The van der Waals surface area contributed by atoms with Crippen molar-refractivity contribution >= 4 is 39.9 Å². The molecule has 1 aromatic carbocycles. The molecule has 0 aliphatic heterocycles. The summed E-state index contributed by atoms with van der Waals surface area (Å²) in [5.74, 6) is 1.11. The summed E-state index contributed by atoms with van der Waals surface area (Å²) in [5, 5.41) is 7.67. The molecule has 0 saturated carbocycles. The third-order valence-electron chi connectivity index (χ3n) is 2.61. The molecule has 2 rings (SSSR count). The average Bonchev–Trinajstić information content (AvgIpc) is 2.80. The van der Waals surface area contributed by atoms with Crippen LogP contribution in [0.3, 0.4) is 0 Å². The standard InChI is InChI=1S/C12H13BrClN3O.ClH/c1-7(15-2)5-11-16-12(18-17-11)9-6-8(13)3-4-10(9)14;/h3-4,6-7,15H,5H2,1-2H3;1H. The van der Waals surface area contributed by atoms with Crippen molar-refractivity contribution < 1.29 is 4.52 Å². The van der Waals surface area contributed by atoms with Crippen molar-refractivity contribution in [2.75, 3.05) is 7.05 Å². The lowest BCUT2D eigenvalue weighted by Crippen LogP contribution is -2.24. The number of halogens is 3. The Labute approximate surface area is 131 Å². The lowest BCUT2D eigenvalue weighted by Gasteiger charge is -2.04. The van der Waals surface area contributed by atoms with Crippen molar-refractivity contribution in [1.82, 2.24) is 15.5 Å². The summed E-state index contributed by atoms with van der Waals surface area (Å²) in [6.07, 6.45) is 0.714. The highest BCUT2D eigenvalue weighted by Crippen LogP contribution is 2.29. The van der Waals surface area contributed by atoms with Gasteiger partial charge in [-0.15, -0.1) is 12.4 Å². The van der Waals surface area contributed by atoms with Crippen LogP contribution in [0.15, 0.2) is 27.2 Å². The fourth-order valence-corrected chi connectivity index (χ4v) is 2.04. The molecule has 0 fully saturated rings. The zero-order chi connectivity index (χ0) is 13.1. The molecule has 0 aliphatic carbocycles. The van der Waals surface area contributed by atoms with E-state index in [1.807, 2.05) is 19.2 Å². The lowest BCUT2D eigenvalue weighted by atomic mass is 10.2. The minimum Gasteiger partial charge on any atom is -0.334 e. The zero-order valence-electron chi connectivity index (χ0n) is 10.5. The Kier molecular flexibility index (Phi) is 6.26. The van der Waals surface area contributed by atoms with E-state index in [2.05, 4.69) is 38.3 Å². The van der Waals surface area contributed by atoms with Gasteiger partial charge in [0.1, 0.15) is 0 Å². The van der Waals surface area contributed by atoms with Gasteiger partial charge in [-0.05, 0) is 32.2 Å². The van der Waals surface area contributed by atoms with Gasteiger partial charge in [-0.25, -0.2) is 0 Å². The molecule has 0 spiro atoms. The molecule has 2 aromatic rings. The molecule has 0 aliphatic rings. The molecule has 0 radical (unpaired) electrons. The summed E-state index contributed by atoms with van der Waals surface area (Å²) in [7, 11) is 1.90. The maximum absolute atomic E-state index is 6.11. The average molecular weight is 367 g/mol. The normalized spacial score (nSPS) is 12.0. The molecule has 19 heavy (non-hydrogen) atoms. The van der Waals surface area contributed by atoms with Crippen LogP contribution in [-0.4, -0.2) is 23.2 Å². The monoisotopic (exact) mass is 365 g/mol. The van der Waals surface area contributed by atoms with Gasteiger partial charge in [-0.3, -0.25) is 0 Å². The van der Waals surface area contributed by atoms with Crippen LogP contribution < -0.4 is 5.32 Å². The van der Waals surface area contributed by atoms with Crippen LogP contribution in [0, 0.1) is 0 Å². The summed E-state index contributed by atoms with van der Waals surface area (Å²) in [4.78, 5) is 4.35. The van der Waals surface area contributed by atoms with Crippen molar-refractivity contribution in [3.05, 3.63) is 33.5 Å². The van der Waals surface area contributed by atoms with Crippen LogP contribution in [0.25, 0.3) is 11.5 Å². The first-order chi connectivity index (χ1) is 8.60. The molecule has 1 heterocycles. The molecular weight excluding hydrogens is 353 g/mol. The van der Waals surface area contributed by atoms with E-state index in [1.54, 1.807) is 6.07 Å². The molecule has 1 atom stereocenters. The quantitative estimate of drug-likeness (QED) is 0.895. The molecule has 104 valence electrons. The largest absolute Gasteiger partial charge is 0.334 e. The predicted molar refractivity (Wildman–Crippen MR) is 81.9 cm³/mol. The van der Waals surface area contributed by atoms with Gasteiger partial charge in [0, 0.05) is 16.9 Å². The first-order valence-corrected chi connectivity index (χ1v) is 6.72. The lowest BCUT2D eigenvalue weighted by molar-refractivity contribution is 0.418. The maximum Gasteiger partial charge on any atom is 0.259 e. The third kappa shape index (κ3) is 4.18. The van der Waals surface area contributed by atoms with Gasteiger partial charge in [0.25, 0.3) is 5.89 Å². The second-order valence-electron chi connectivity index (χ2n) is 4.03. The second kappa shape index (κ2) is 7.24. The van der Waals surface area contributed by atoms with Crippen LogP contribution in [0.4, 0.5) is 0 Å². The van der Waals surface area contributed by atoms with Crippen LogP contribution >= 0.6 is 39.9 Å². The van der Waals surface area contributed by atoms with E-state index in [1.165, 1.54) is 0 Å². The predicted octanol–water partition coefficient (Wildman–Crippen LogP) is 3.72. The number of benzene rings is 1. The number of aromatic nitrogens is 2. The molecule has 1 N–H and O–H groups in total. The number of hydrogen-bond acceptors (Lipinski definition) is 4. The first-order valence-electron chi connectivity index (χ1n) is 5.55. The van der Waals surface area contributed by atoms with Gasteiger partial charge in [0.15, 0.2) is 5.82 Å². The highest BCUT2D eigenvalue weighted by molar-refractivity contribution is 9.10. The third-order valence-corrected chi connectivity index (χ3v) is 3.43. The first kappa shape index (κ1) is 16.4. The van der Waals surface area contributed by atoms with Crippen molar-refractivity contribution in [3.8, 4) is 11.5 Å². The molecule has 4 nitrogen and oxygen atoms in total. The molecule has 1 unspecified atom stereocenters. The number of hydrogen-bond donors (Lipinski definition) is 1. The van der Waals surface area contributed by atoms with Crippen molar-refractivity contribution in [2.45, 2.75) is 19.4 Å². The van der Waals surface area contributed by atoms with Gasteiger partial charge in [0.05, 0.1) is 10.6 Å². The van der Waals surface area contributed by atoms with E-state index < -0.39 is 0 Å². The Hall–Kier alpha value is -0.620. The zero-order valence-corrected chi connectivity index (χ0v) is 13.6. The molecule has 7 heteroatoms. The molecule has 1 aromatic heterocycles. The number of nitrogens with one attached hydrogen (secondary N) is 1. The van der Waals surface area contributed by atoms with Crippen LogP contribution in [0.2, 0.25) is 5.02 Å². The Balaban J connectivity index is 0.00000180.